The topological polar surface area (TPSA) is 32.7 Å². The van der Waals surface area contributed by atoms with E-state index in [4.69, 9.17) is 16.6 Å². The van der Waals surface area contributed by atoms with Crippen LogP contribution in [0, 0.1) is 6.92 Å². The molecule has 1 aliphatic heterocycles. The van der Waals surface area contributed by atoms with E-state index in [2.05, 4.69) is 0 Å². The summed E-state index contributed by atoms with van der Waals surface area (Å²) in [5.41, 5.74) is 4.32. The molecule has 3 nitrogen and oxygen atoms in total. The maximum absolute atomic E-state index is 12.8. The Morgan fingerprint density at radius 3 is 2.61 bits per heavy atom. The van der Waals surface area contributed by atoms with E-state index in [0.717, 1.165) is 22.5 Å². The second kappa shape index (κ2) is 6.17. The van der Waals surface area contributed by atoms with E-state index < -0.39 is 0 Å². The first-order chi connectivity index (χ1) is 11.0. The second-order valence-corrected chi connectivity index (χ2v) is 6.47. The van der Waals surface area contributed by atoms with Gasteiger partial charge in [-0.05, 0) is 44.5 Å². The summed E-state index contributed by atoms with van der Waals surface area (Å²) in [6, 6.07) is 13.6. The molecule has 1 aliphatic rings. The number of amides is 1. The zero-order chi connectivity index (χ0) is 16.6. The van der Waals surface area contributed by atoms with Crippen molar-refractivity contribution in [2.75, 3.05) is 4.90 Å². The molecular formula is C19H19ClN2O. The fourth-order valence-electron chi connectivity index (χ4n) is 2.89. The number of carbonyl (C=O) groups excluding carboxylic acids is 1. The molecule has 0 saturated carbocycles. The van der Waals surface area contributed by atoms with Crippen LogP contribution in [0.3, 0.4) is 0 Å². The monoisotopic (exact) mass is 326 g/mol. The molecule has 4 heteroatoms. The zero-order valence-electron chi connectivity index (χ0n) is 13.5. The van der Waals surface area contributed by atoms with Gasteiger partial charge in [0.15, 0.2) is 0 Å². The Morgan fingerprint density at radius 2 is 1.91 bits per heavy atom. The third-order valence-electron chi connectivity index (χ3n) is 3.93. The van der Waals surface area contributed by atoms with Crippen molar-refractivity contribution < 1.29 is 4.79 Å². The van der Waals surface area contributed by atoms with Gasteiger partial charge < -0.3 is 4.90 Å². The average Bonchev–Trinajstić information content (AvgIpc) is 2.63. The van der Waals surface area contributed by atoms with Crippen LogP contribution in [-0.2, 0) is 4.79 Å². The number of hydrogen-bond donors (Lipinski definition) is 0. The van der Waals surface area contributed by atoms with Crippen molar-refractivity contribution in [1.82, 2.24) is 0 Å². The predicted molar refractivity (Wildman–Crippen MR) is 96.1 cm³/mol. The zero-order valence-corrected chi connectivity index (χ0v) is 14.3. The van der Waals surface area contributed by atoms with Crippen molar-refractivity contribution in [2.24, 2.45) is 4.99 Å². The summed E-state index contributed by atoms with van der Waals surface area (Å²) in [5.74, 6) is 0.0445. The maximum atomic E-state index is 12.8. The van der Waals surface area contributed by atoms with E-state index in [1.807, 2.05) is 68.1 Å². The van der Waals surface area contributed by atoms with Crippen LogP contribution in [0.25, 0.3) is 0 Å². The summed E-state index contributed by atoms with van der Waals surface area (Å²) < 4.78 is 0. The summed E-state index contributed by atoms with van der Waals surface area (Å²) in [5, 5.41) is 0.616. The molecule has 23 heavy (non-hydrogen) atoms. The van der Waals surface area contributed by atoms with Gasteiger partial charge in [-0.3, -0.25) is 9.79 Å². The number of aryl methyl sites for hydroxylation is 1. The number of fused-ring (bicyclic) bond motifs is 1. The number of aliphatic imine (C=N–C) groups is 1. The maximum Gasteiger partial charge on any atom is 0.233 e. The summed E-state index contributed by atoms with van der Waals surface area (Å²) in [4.78, 5) is 19.4. The lowest BCUT2D eigenvalue weighted by molar-refractivity contribution is -0.117. The van der Waals surface area contributed by atoms with Crippen LogP contribution in [0.1, 0.15) is 31.4 Å². The predicted octanol–water partition coefficient (Wildman–Crippen LogP) is 4.91. The van der Waals surface area contributed by atoms with E-state index in [0.29, 0.717) is 10.7 Å². The van der Waals surface area contributed by atoms with Gasteiger partial charge in [0.25, 0.3) is 0 Å². The quantitative estimate of drug-likeness (QED) is 0.771. The summed E-state index contributed by atoms with van der Waals surface area (Å²) in [7, 11) is 0. The first-order valence-electron chi connectivity index (χ1n) is 7.72. The van der Waals surface area contributed by atoms with Crippen LogP contribution in [0.15, 0.2) is 47.5 Å². The number of carbonyl (C=O) groups is 1. The molecule has 0 aromatic heterocycles. The van der Waals surface area contributed by atoms with Gasteiger partial charge in [-0.25, -0.2) is 0 Å². The lowest BCUT2D eigenvalue weighted by Gasteiger charge is -2.26. The molecule has 2 aromatic rings. The van der Waals surface area contributed by atoms with Crippen molar-refractivity contribution >= 4 is 34.6 Å². The van der Waals surface area contributed by atoms with Crippen molar-refractivity contribution in [3.8, 4) is 0 Å². The molecule has 0 fully saturated rings. The van der Waals surface area contributed by atoms with Crippen molar-refractivity contribution in [1.29, 1.82) is 0 Å². The Balaban J connectivity index is 2.19. The molecule has 0 atom stereocenters. The van der Waals surface area contributed by atoms with Crippen LogP contribution in [0.5, 0.6) is 0 Å². The number of halogens is 1. The van der Waals surface area contributed by atoms with E-state index in [-0.39, 0.29) is 18.4 Å². The molecular weight excluding hydrogens is 308 g/mol. The first-order valence-corrected chi connectivity index (χ1v) is 8.10. The molecule has 118 valence electrons. The van der Waals surface area contributed by atoms with Gasteiger partial charge >= 0.3 is 0 Å². The third-order valence-corrected chi connectivity index (χ3v) is 4.26. The number of benzene rings is 2. The van der Waals surface area contributed by atoms with Gasteiger partial charge in [0.2, 0.25) is 5.91 Å². The highest BCUT2D eigenvalue weighted by atomic mass is 35.5. The molecule has 1 heterocycles. The van der Waals surface area contributed by atoms with Gasteiger partial charge in [-0.1, -0.05) is 35.9 Å². The molecule has 3 rings (SSSR count). The van der Waals surface area contributed by atoms with Gasteiger partial charge in [-0.15, -0.1) is 0 Å². The highest BCUT2D eigenvalue weighted by Gasteiger charge is 2.27. The van der Waals surface area contributed by atoms with Crippen molar-refractivity contribution in [3.05, 3.63) is 58.6 Å². The molecule has 0 saturated heterocycles. The average molecular weight is 327 g/mol. The SMILES string of the molecule is Cc1ccc2c(c1)N(C(C)C)C(=O)CC(c1ccccc1Cl)=N2. The highest BCUT2D eigenvalue weighted by Crippen LogP contribution is 2.35. The van der Waals surface area contributed by atoms with Crippen molar-refractivity contribution in [3.63, 3.8) is 0 Å². The van der Waals surface area contributed by atoms with E-state index in [1.54, 1.807) is 0 Å². The lowest BCUT2D eigenvalue weighted by atomic mass is 10.1. The van der Waals surface area contributed by atoms with E-state index >= 15 is 0 Å². The minimum Gasteiger partial charge on any atom is -0.307 e. The molecule has 0 bridgehead atoms. The van der Waals surface area contributed by atoms with Crippen molar-refractivity contribution in [2.45, 2.75) is 33.2 Å². The van der Waals surface area contributed by atoms with Crippen LogP contribution >= 0.6 is 11.6 Å². The summed E-state index contributed by atoms with van der Waals surface area (Å²) in [6.07, 6.45) is 0.246. The fourth-order valence-corrected chi connectivity index (χ4v) is 3.13. The standard InChI is InChI=1S/C19H19ClN2O/c1-12(2)22-18-10-13(3)8-9-16(18)21-17(11-19(22)23)14-6-4-5-7-15(14)20/h4-10,12H,11H2,1-3H3. The molecule has 2 aromatic carbocycles. The second-order valence-electron chi connectivity index (χ2n) is 6.06. The minimum atomic E-state index is 0.0445. The van der Waals surface area contributed by atoms with Crippen LogP contribution in [0.2, 0.25) is 5.02 Å². The Labute approximate surface area is 141 Å². The van der Waals surface area contributed by atoms with Crippen LogP contribution in [0.4, 0.5) is 11.4 Å². The fraction of sp³-hybridized carbons (Fsp3) is 0.263. The summed E-state index contributed by atoms with van der Waals surface area (Å²) >= 11 is 6.30. The Kier molecular flexibility index (Phi) is 4.22. The molecule has 0 spiro atoms. The van der Waals surface area contributed by atoms with E-state index in [1.165, 1.54) is 0 Å². The van der Waals surface area contributed by atoms with Crippen LogP contribution < -0.4 is 4.90 Å². The summed E-state index contributed by atoms with van der Waals surface area (Å²) in [6.45, 7) is 6.06. The van der Waals surface area contributed by atoms with Gasteiger partial charge in [0, 0.05) is 16.6 Å². The Morgan fingerprint density at radius 1 is 1.17 bits per heavy atom. The molecule has 0 aliphatic carbocycles. The number of anilines is 1. The number of nitrogens with zero attached hydrogens (tertiary/aromatic N) is 2. The third kappa shape index (κ3) is 3.02. The van der Waals surface area contributed by atoms with Gasteiger partial charge in [-0.2, -0.15) is 0 Å². The molecule has 0 unspecified atom stereocenters. The smallest absolute Gasteiger partial charge is 0.233 e. The normalized spacial score (nSPS) is 14.6. The van der Waals surface area contributed by atoms with Crippen LogP contribution in [-0.4, -0.2) is 17.7 Å². The first kappa shape index (κ1) is 15.8. The Hall–Kier alpha value is -2.13. The van der Waals surface area contributed by atoms with E-state index in [9.17, 15) is 4.79 Å². The minimum absolute atomic E-state index is 0.0445. The number of rotatable bonds is 2. The lowest BCUT2D eigenvalue weighted by Crippen LogP contribution is -2.37. The molecule has 1 amide bonds. The molecule has 0 N–H and O–H groups in total. The largest absolute Gasteiger partial charge is 0.307 e. The van der Waals surface area contributed by atoms with Gasteiger partial charge in [0.05, 0.1) is 23.5 Å². The molecule has 0 radical (unpaired) electrons. The van der Waals surface area contributed by atoms with Gasteiger partial charge in [0.1, 0.15) is 0 Å². The Bertz CT molecular complexity index is 796. The highest BCUT2D eigenvalue weighted by molar-refractivity contribution is 6.35. The number of hydrogen-bond acceptors (Lipinski definition) is 2.